The second kappa shape index (κ2) is 7.92. The average molecular weight is 289 g/mol. The van der Waals surface area contributed by atoms with E-state index >= 15 is 0 Å². The Labute approximate surface area is 130 Å². The topological polar surface area (TPSA) is 18.5 Å². The third-order valence-electron chi connectivity index (χ3n) is 4.97. The maximum atomic E-state index is 3.55. The third-order valence-corrected chi connectivity index (χ3v) is 4.97. The molecule has 1 fully saturated rings. The van der Waals surface area contributed by atoms with Crippen molar-refractivity contribution in [2.45, 2.75) is 44.3 Å². The zero-order chi connectivity index (χ0) is 15.2. The molecule has 2 rings (SSSR count). The molecule has 1 heterocycles. The molecule has 1 aliphatic rings. The molecule has 0 amide bonds. The van der Waals surface area contributed by atoms with Crippen LogP contribution in [0.2, 0.25) is 0 Å². The van der Waals surface area contributed by atoms with E-state index in [2.05, 4.69) is 73.5 Å². The van der Waals surface area contributed by atoms with Gasteiger partial charge in [-0.1, -0.05) is 37.3 Å². The minimum atomic E-state index is 0.423. The normalized spacial score (nSPS) is 20.6. The minimum Gasteiger partial charge on any atom is -0.312 e. The molecule has 3 heteroatoms. The van der Waals surface area contributed by atoms with Gasteiger partial charge >= 0.3 is 0 Å². The molecule has 1 aliphatic heterocycles. The Balaban J connectivity index is 2.05. The van der Waals surface area contributed by atoms with Crippen molar-refractivity contribution in [3.8, 4) is 0 Å². The van der Waals surface area contributed by atoms with Crippen molar-refractivity contribution in [3.63, 3.8) is 0 Å². The SMILES string of the molecule is CCC(C(NC)c1ccccc1)N1CCC(N(C)C)CC1. The number of nitrogens with zero attached hydrogens (tertiary/aromatic N) is 2. The summed E-state index contributed by atoms with van der Waals surface area (Å²) in [6.07, 6.45) is 3.76. The molecule has 1 aromatic rings. The molecule has 1 N–H and O–H groups in total. The monoisotopic (exact) mass is 289 g/mol. The molecule has 21 heavy (non-hydrogen) atoms. The van der Waals surface area contributed by atoms with E-state index in [-0.39, 0.29) is 0 Å². The zero-order valence-corrected chi connectivity index (χ0v) is 14.0. The minimum absolute atomic E-state index is 0.423. The lowest BCUT2D eigenvalue weighted by Crippen LogP contribution is -2.50. The first kappa shape index (κ1) is 16.5. The number of likely N-dealkylation sites (N-methyl/N-ethyl adjacent to an activating group) is 1. The second-order valence-corrected chi connectivity index (χ2v) is 6.38. The fraction of sp³-hybridized carbons (Fsp3) is 0.667. The van der Waals surface area contributed by atoms with Gasteiger partial charge in [0.1, 0.15) is 0 Å². The molecule has 0 spiro atoms. The average Bonchev–Trinajstić information content (AvgIpc) is 2.53. The van der Waals surface area contributed by atoms with Gasteiger partial charge in [-0.25, -0.2) is 0 Å². The van der Waals surface area contributed by atoms with E-state index < -0.39 is 0 Å². The van der Waals surface area contributed by atoms with Crippen LogP contribution in [0, 0.1) is 0 Å². The van der Waals surface area contributed by atoms with Crippen LogP contribution in [0.15, 0.2) is 30.3 Å². The first-order valence-electron chi connectivity index (χ1n) is 8.30. The smallest absolute Gasteiger partial charge is 0.0475 e. The largest absolute Gasteiger partial charge is 0.312 e. The molecule has 0 radical (unpaired) electrons. The lowest BCUT2D eigenvalue weighted by molar-refractivity contribution is 0.0879. The van der Waals surface area contributed by atoms with Crippen molar-refractivity contribution in [2.75, 3.05) is 34.2 Å². The number of hydrogen-bond donors (Lipinski definition) is 1. The summed E-state index contributed by atoms with van der Waals surface area (Å²) in [7, 11) is 6.50. The highest BCUT2D eigenvalue weighted by Gasteiger charge is 2.30. The Morgan fingerprint density at radius 2 is 1.81 bits per heavy atom. The lowest BCUT2D eigenvalue weighted by atomic mass is 9.93. The Bertz CT molecular complexity index is 396. The molecule has 0 saturated carbocycles. The Hall–Kier alpha value is -0.900. The number of rotatable bonds is 6. The van der Waals surface area contributed by atoms with E-state index in [9.17, 15) is 0 Å². The number of hydrogen-bond acceptors (Lipinski definition) is 3. The molecule has 0 aliphatic carbocycles. The third kappa shape index (κ3) is 4.06. The quantitative estimate of drug-likeness (QED) is 0.869. The molecular formula is C18H31N3. The van der Waals surface area contributed by atoms with E-state index in [0.29, 0.717) is 12.1 Å². The van der Waals surface area contributed by atoms with Crippen LogP contribution < -0.4 is 5.32 Å². The maximum Gasteiger partial charge on any atom is 0.0475 e. The van der Waals surface area contributed by atoms with Gasteiger partial charge in [-0.2, -0.15) is 0 Å². The lowest BCUT2D eigenvalue weighted by Gasteiger charge is -2.42. The van der Waals surface area contributed by atoms with Crippen LogP contribution in [0.5, 0.6) is 0 Å². The van der Waals surface area contributed by atoms with E-state index in [0.717, 1.165) is 6.04 Å². The zero-order valence-electron chi connectivity index (χ0n) is 14.0. The van der Waals surface area contributed by atoms with Gasteiger partial charge in [-0.05, 0) is 59.1 Å². The fourth-order valence-electron chi connectivity index (χ4n) is 3.68. The van der Waals surface area contributed by atoms with E-state index in [1.807, 2.05) is 0 Å². The summed E-state index contributed by atoms with van der Waals surface area (Å²) >= 11 is 0. The molecule has 0 bridgehead atoms. The summed E-state index contributed by atoms with van der Waals surface area (Å²) in [6, 6.07) is 12.6. The second-order valence-electron chi connectivity index (χ2n) is 6.38. The molecule has 1 saturated heterocycles. The van der Waals surface area contributed by atoms with Crippen molar-refractivity contribution < 1.29 is 0 Å². The molecule has 2 unspecified atom stereocenters. The van der Waals surface area contributed by atoms with Crippen molar-refractivity contribution in [2.24, 2.45) is 0 Å². The summed E-state index contributed by atoms with van der Waals surface area (Å²) in [5, 5.41) is 3.55. The molecule has 2 atom stereocenters. The summed E-state index contributed by atoms with van der Waals surface area (Å²) < 4.78 is 0. The van der Waals surface area contributed by atoms with Gasteiger partial charge in [0.2, 0.25) is 0 Å². The van der Waals surface area contributed by atoms with E-state index in [1.54, 1.807) is 0 Å². The maximum absolute atomic E-state index is 3.55. The van der Waals surface area contributed by atoms with Crippen LogP contribution in [0.1, 0.15) is 37.8 Å². The Kier molecular flexibility index (Phi) is 6.22. The van der Waals surface area contributed by atoms with Crippen molar-refractivity contribution in [3.05, 3.63) is 35.9 Å². The molecule has 0 aromatic heterocycles. The summed E-state index contributed by atoms with van der Waals surface area (Å²) in [4.78, 5) is 5.07. The summed E-state index contributed by atoms with van der Waals surface area (Å²) in [5.74, 6) is 0. The number of benzene rings is 1. The van der Waals surface area contributed by atoms with Gasteiger partial charge in [0.05, 0.1) is 0 Å². The van der Waals surface area contributed by atoms with Gasteiger partial charge in [0.15, 0.2) is 0 Å². The van der Waals surface area contributed by atoms with E-state index in [1.165, 1.54) is 37.9 Å². The van der Waals surface area contributed by atoms with Gasteiger partial charge in [0, 0.05) is 18.1 Å². The number of likely N-dealkylation sites (tertiary alicyclic amines) is 1. The molecule has 3 nitrogen and oxygen atoms in total. The van der Waals surface area contributed by atoms with Crippen LogP contribution >= 0.6 is 0 Å². The Morgan fingerprint density at radius 1 is 1.19 bits per heavy atom. The van der Waals surface area contributed by atoms with Crippen LogP contribution in [0.25, 0.3) is 0 Å². The molecule has 118 valence electrons. The van der Waals surface area contributed by atoms with Gasteiger partial charge < -0.3 is 10.2 Å². The summed E-state index contributed by atoms with van der Waals surface area (Å²) in [6.45, 7) is 4.74. The van der Waals surface area contributed by atoms with Gasteiger partial charge in [0.25, 0.3) is 0 Å². The van der Waals surface area contributed by atoms with Crippen molar-refractivity contribution >= 4 is 0 Å². The molecular weight excluding hydrogens is 258 g/mol. The van der Waals surface area contributed by atoms with Crippen LogP contribution in [0.4, 0.5) is 0 Å². The highest BCUT2D eigenvalue weighted by Crippen LogP contribution is 2.26. The predicted octanol–water partition coefficient (Wildman–Crippen LogP) is 2.75. The van der Waals surface area contributed by atoms with Crippen molar-refractivity contribution in [1.29, 1.82) is 0 Å². The van der Waals surface area contributed by atoms with E-state index in [4.69, 9.17) is 0 Å². The Morgan fingerprint density at radius 3 is 2.29 bits per heavy atom. The first-order chi connectivity index (χ1) is 10.2. The summed E-state index contributed by atoms with van der Waals surface area (Å²) in [5.41, 5.74) is 1.40. The fourth-order valence-corrected chi connectivity index (χ4v) is 3.68. The van der Waals surface area contributed by atoms with Crippen LogP contribution in [-0.4, -0.2) is 56.1 Å². The van der Waals surface area contributed by atoms with Crippen molar-refractivity contribution in [1.82, 2.24) is 15.1 Å². The number of piperidine rings is 1. The number of nitrogens with one attached hydrogen (secondary N) is 1. The molecule has 1 aromatic carbocycles. The van der Waals surface area contributed by atoms with Crippen LogP contribution in [0.3, 0.4) is 0 Å². The van der Waals surface area contributed by atoms with Gasteiger partial charge in [-0.15, -0.1) is 0 Å². The standard InChI is InChI=1S/C18H31N3/c1-5-17(18(19-2)15-9-7-6-8-10-15)21-13-11-16(12-14-21)20(3)4/h6-10,16-19H,5,11-14H2,1-4H3. The predicted molar refractivity (Wildman–Crippen MR) is 90.6 cm³/mol. The highest BCUT2D eigenvalue weighted by atomic mass is 15.2. The highest BCUT2D eigenvalue weighted by molar-refractivity contribution is 5.20. The van der Waals surface area contributed by atoms with Crippen LogP contribution in [-0.2, 0) is 0 Å². The first-order valence-corrected chi connectivity index (χ1v) is 8.30. The van der Waals surface area contributed by atoms with Gasteiger partial charge in [-0.3, -0.25) is 4.90 Å².